The van der Waals surface area contributed by atoms with E-state index >= 15 is 0 Å². The van der Waals surface area contributed by atoms with Crippen LogP contribution < -0.4 is 0 Å². The minimum absolute atomic E-state index is 0.0798. The summed E-state index contributed by atoms with van der Waals surface area (Å²) in [6.45, 7) is 0. The summed E-state index contributed by atoms with van der Waals surface area (Å²) in [7, 11) is 0. The molecule has 21 heavy (non-hydrogen) atoms. The van der Waals surface area contributed by atoms with Gasteiger partial charge < -0.3 is 10.2 Å². The van der Waals surface area contributed by atoms with Crippen molar-refractivity contribution in [3.05, 3.63) is 35.4 Å². The second-order valence-corrected chi connectivity index (χ2v) is 4.05. The van der Waals surface area contributed by atoms with Crippen LogP contribution in [-0.2, 0) is 19.5 Å². The fraction of sp³-hybridized carbons (Fsp3) is 0.167. The lowest BCUT2D eigenvalue weighted by molar-refractivity contribution is -0.401. The third-order valence-electron chi connectivity index (χ3n) is 2.63. The van der Waals surface area contributed by atoms with E-state index in [1.807, 2.05) is 0 Å². The summed E-state index contributed by atoms with van der Waals surface area (Å²) in [6, 6.07) is 5.87. The molecule has 1 aliphatic heterocycles. The van der Waals surface area contributed by atoms with Crippen LogP contribution in [0, 0.1) is 0 Å². The Labute approximate surface area is 117 Å². The molecule has 9 nitrogen and oxygen atoms in total. The van der Waals surface area contributed by atoms with Crippen LogP contribution in [0.3, 0.4) is 0 Å². The fourth-order valence-corrected chi connectivity index (χ4v) is 1.65. The molecular weight excluding hydrogens is 286 g/mol. The number of hydrogen-bond donors (Lipinski definition) is 2. The zero-order chi connectivity index (χ0) is 15.6. The summed E-state index contributed by atoms with van der Waals surface area (Å²) in [5.41, 5.74) is 0.160. The summed E-state index contributed by atoms with van der Waals surface area (Å²) in [6.07, 6.45) is -2.75. The number of hydroxylamine groups is 2. The van der Waals surface area contributed by atoms with E-state index in [1.165, 1.54) is 12.1 Å². The van der Waals surface area contributed by atoms with Crippen LogP contribution in [0.2, 0.25) is 0 Å². The van der Waals surface area contributed by atoms with Crippen molar-refractivity contribution in [3.8, 4) is 0 Å². The molecule has 1 unspecified atom stereocenters. The molecule has 1 aromatic carbocycles. The number of imide groups is 1. The van der Waals surface area contributed by atoms with Crippen molar-refractivity contribution < 1.29 is 39.3 Å². The molecule has 0 bridgehead atoms. The van der Waals surface area contributed by atoms with E-state index in [2.05, 4.69) is 9.88 Å². The summed E-state index contributed by atoms with van der Waals surface area (Å²) in [5, 5.41) is 17.5. The highest BCUT2D eigenvalue weighted by Gasteiger charge is 2.38. The average Bonchev–Trinajstić information content (AvgIpc) is 2.67. The molecule has 1 aliphatic rings. The lowest BCUT2D eigenvalue weighted by Crippen LogP contribution is -2.35. The van der Waals surface area contributed by atoms with Gasteiger partial charge in [0.1, 0.15) is 0 Å². The number of fused-ring (bicyclic) bond motifs is 1. The lowest BCUT2D eigenvalue weighted by atomic mass is 10.1. The molecule has 2 rings (SSSR count). The topological polar surface area (TPSA) is 130 Å². The molecule has 2 N–H and O–H groups in total. The highest BCUT2D eigenvalue weighted by molar-refractivity contribution is 6.20. The van der Waals surface area contributed by atoms with Gasteiger partial charge in [0.2, 0.25) is 6.10 Å². The van der Waals surface area contributed by atoms with Crippen LogP contribution in [0.15, 0.2) is 24.3 Å². The first kappa shape index (κ1) is 14.6. The number of nitrogens with zero attached hydrogens (tertiary/aromatic N) is 1. The van der Waals surface area contributed by atoms with Gasteiger partial charge in [0, 0.05) is 0 Å². The van der Waals surface area contributed by atoms with Crippen molar-refractivity contribution in [2.45, 2.75) is 12.5 Å². The molecule has 0 spiro atoms. The van der Waals surface area contributed by atoms with Crippen LogP contribution >= 0.6 is 0 Å². The number of carbonyl (C=O) groups is 4. The highest BCUT2D eigenvalue weighted by Crippen LogP contribution is 2.23. The number of amides is 2. The lowest BCUT2D eigenvalue weighted by Gasteiger charge is -2.14. The molecule has 110 valence electrons. The van der Waals surface area contributed by atoms with Gasteiger partial charge in [0.15, 0.2) is 0 Å². The summed E-state index contributed by atoms with van der Waals surface area (Å²) in [4.78, 5) is 53.7. The van der Waals surface area contributed by atoms with Crippen LogP contribution in [0.5, 0.6) is 0 Å². The standard InChI is InChI=1S/C12H9NO8/c14-9(15)5-8(12(18)19)20-21-13-10(16)6-3-1-2-4-7(6)11(13)17/h1-4,8H,5H2,(H,14,15)(H,18,19). The zero-order valence-corrected chi connectivity index (χ0v) is 10.4. The molecular formula is C12H9NO8. The first-order valence-electron chi connectivity index (χ1n) is 5.67. The Morgan fingerprint density at radius 3 is 2.05 bits per heavy atom. The highest BCUT2D eigenvalue weighted by atomic mass is 17.3. The molecule has 0 aliphatic carbocycles. The van der Waals surface area contributed by atoms with Gasteiger partial charge in [0.25, 0.3) is 11.8 Å². The quantitative estimate of drug-likeness (QED) is 0.428. The molecule has 1 heterocycles. The second kappa shape index (κ2) is 5.69. The predicted octanol–water partition coefficient (Wildman–Crippen LogP) is 0.0737. The Balaban J connectivity index is 2.08. The van der Waals surface area contributed by atoms with E-state index in [0.29, 0.717) is 0 Å². The average molecular weight is 295 g/mol. The number of carboxylic acids is 2. The Kier molecular flexibility index (Phi) is 3.96. The monoisotopic (exact) mass is 295 g/mol. The van der Waals surface area contributed by atoms with Gasteiger partial charge in [-0.1, -0.05) is 17.1 Å². The Bertz CT molecular complexity index is 590. The molecule has 0 saturated heterocycles. The van der Waals surface area contributed by atoms with Gasteiger partial charge in [-0.15, -0.1) is 5.06 Å². The van der Waals surface area contributed by atoms with Crippen molar-refractivity contribution in [2.75, 3.05) is 0 Å². The molecule has 0 fully saturated rings. The maximum absolute atomic E-state index is 11.8. The van der Waals surface area contributed by atoms with Crippen LogP contribution in [0.4, 0.5) is 0 Å². The van der Waals surface area contributed by atoms with E-state index < -0.39 is 36.3 Å². The molecule has 9 heteroatoms. The third-order valence-corrected chi connectivity index (χ3v) is 2.63. The number of carboxylic acid groups (broad SMARTS) is 2. The van der Waals surface area contributed by atoms with Crippen molar-refractivity contribution in [2.24, 2.45) is 0 Å². The molecule has 2 amide bonds. The molecule has 1 atom stereocenters. The van der Waals surface area contributed by atoms with Gasteiger partial charge in [-0.25, -0.2) is 4.79 Å². The zero-order valence-electron chi connectivity index (χ0n) is 10.4. The first-order chi connectivity index (χ1) is 9.91. The van der Waals surface area contributed by atoms with Gasteiger partial charge >= 0.3 is 11.9 Å². The van der Waals surface area contributed by atoms with Crippen molar-refractivity contribution >= 4 is 23.8 Å². The van der Waals surface area contributed by atoms with Crippen molar-refractivity contribution in [1.29, 1.82) is 0 Å². The largest absolute Gasteiger partial charge is 0.481 e. The Morgan fingerprint density at radius 2 is 1.62 bits per heavy atom. The predicted molar refractivity (Wildman–Crippen MR) is 62.8 cm³/mol. The minimum Gasteiger partial charge on any atom is -0.481 e. The smallest absolute Gasteiger partial charge is 0.336 e. The van der Waals surface area contributed by atoms with Gasteiger partial charge in [0.05, 0.1) is 17.5 Å². The van der Waals surface area contributed by atoms with Crippen molar-refractivity contribution in [3.63, 3.8) is 0 Å². The molecule has 1 aromatic rings. The van der Waals surface area contributed by atoms with Gasteiger partial charge in [-0.05, 0) is 12.1 Å². The number of carbonyl (C=O) groups excluding carboxylic acids is 2. The van der Waals surface area contributed by atoms with E-state index in [0.717, 1.165) is 0 Å². The van der Waals surface area contributed by atoms with E-state index in [-0.39, 0.29) is 16.2 Å². The van der Waals surface area contributed by atoms with Gasteiger partial charge in [-0.2, -0.15) is 4.89 Å². The second-order valence-electron chi connectivity index (χ2n) is 4.05. The Hall–Kier alpha value is -2.78. The molecule has 0 radical (unpaired) electrons. The Morgan fingerprint density at radius 1 is 1.10 bits per heavy atom. The van der Waals surface area contributed by atoms with Crippen molar-refractivity contribution in [1.82, 2.24) is 5.06 Å². The summed E-state index contributed by atoms with van der Waals surface area (Å²) < 4.78 is 0. The normalized spacial score (nSPS) is 15.0. The number of rotatable bonds is 6. The maximum atomic E-state index is 11.8. The molecule has 0 saturated carbocycles. The fourth-order valence-electron chi connectivity index (χ4n) is 1.65. The summed E-state index contributed by atoms with van der Waals surface area (Å²) in [5.74, 6) is -4.69. The van der Waals surface area contributed by atoms with Crippen LogP contribution in [-0.4, -0.2) is 45.1 Å². The van der Waals surface area contributed by atoms with E-state index in [9.17, 15) is 19.2 Å². The van der Waals surface area contributed by atoms with Crippen LogP contribution in [0.25, 0.3) is 0 Å². The number of benzene rings is 1. The SMILES string of the molecule is O=C(O)CC(OON1C(=O)c2ccccc2C1=O)C(=O)O. The maximum Gasteiger partial charge on any atom is 0.336 e. The third kappa shape index (κ3) is 2.88. The minimum atomic E-state index is -1.85. The summed E-state index contributed by atoms with van der Waals surface area (Å²) >= 11 is 0. The van der Waals surface area contributed by atoms with E-state index in [4.69, 9.17) is 10.2 Å². The van der Waals surface area contributed by atoms with Crippen LogP contribution in [0.1, 0.15) is 27.1 Å². The van der Waals surface area contributed by atoms with Gasteiger partial charge in [-0.3, -0.25) is 14.4 Å². The number of aliphatic carboxylic acids is 2. The molecule has 0 aromatic heterocycles. The number of hydrogen-bond acceptors (Lipinski definition) is 6. The van der Waals surface area contributed by atoms with E-state index in [1.54, 1.807) is 12.1 Å². The first-order valence-corrected chi connectivity index (χ1v) is 5.67.